The predicted molar refractivity (Wildman–Crippen MR) is 196 cm³/mol. The summed E-state index contributed by atoms with van der Waals surface area (Å²) < 4.78 is 11.9. The highest BCUT2D eigenvalue weighted by molar-refractivity contribution is 5.87. The van der Waals surface area contributed by atoms with Crippen LogP contribution in [-0.2, 0) is 9.53 Å². The lowest BCUT2D eigenvalue weighted by atomic mass is 9.86. The number of ether oxygens (including phenoxy) is 2. The Kier molecular flexibility index (Phi) is 12.4. The van der Waals surface area contributed by atoms with Gasteiger partial charge in [0.1, 0.15) is 17.6 Å². The highest BCUT2D eigenvalue weighted by atomic mass is 16.6. The van der Waals surface area contributed by atoms with Gasteiger partial charge in [-0.3, -0.25) is 9.69 Å². The van der Waals surface area contributed by atoms with Gasteiger partial charge in [-0.05, 0) is 98.6 Å². The first-order valence-electron chi connectivity index (χ1n) is 18.2. The van der Waals surface area contributed by atoms with Crippen molar-refractivity contribution in [2.45, 2.75) is 69.3 Å². The number of aromatic amines is 1. The van der Waals surface area contributed by atoms with E-state index in [0.717, 1.165) is 62.9 Å². The molecule has 0 spiro atoms. The molecule has 6 N–H and O–H groups in total. The monoisotopic (exact) mass is 712 g/mol. The van der Waals surface area contributed by atoms with Crippen molar-refractivity contribution in [2.75, 3.05) is 32.7 Å². The number of amides is 1. The number of hydrogen-bond acceptors (Lipinski definition) is 9. The third-order valence-corrected chi connectivity index (χ3v) is 10.2. The number of carbonyl (C=O) groups excluding carboxylic acids is 1. The van der Waals surface area contributed by atoms with Crippen LogP contribution in [0.5, 0.6) is 11.5 Å². The van der Waals surface area contributed by atoms with Crippen LogP contribution in [0.4, 0.5) is 4.79 Å². The van der Waals surface area contributed by atoms with Crippen LogP contribution in [0.15, 0.2) is 83.7 Å². The number of hydrogen-bond donors (Lipinski definition) is 6. The van der Waals surface area contributed by atoms with Gasteiger partial charge in [0.05, 0.1) is 17.7 Å². The molecule has 2 unspecified atom stereocenters. The van der Waals surface area contributed by atoms with Gasteiger partial charge in [0.15, 0.2) is 6.10 Å². The molecule has 3 aromatic carbocycles. The largest absolute Gasteiger partial charge is 0.506 e. The molecule has 12 nitrogen and oxygen atoms in total. The lowest BCUT2D eigenvalue weighted by Gasteiger charge is -2.43. The summed E-state index contributed by atoms with van der Waals surface area (Å²) in [5.74, 6) is -0.288. The van der Waals surface area contributed by atoms with Crippen LogP contribution in [0.3, 0.4) is 0 Å². The minimum absolute atomic E-state index is 0.0527. The number of aliphatic hydroxyl groups excluding tert-OH is 1. The number of aliphatic hydroxyl groups is 1. The van der Waals surface area contributed by atoms with Crippen molar-refractivity contribution in [1.82, 2.24) is 20.5 Å². The highest BCUT2D eigenvalue weighted by Crippen LogP contribution is 2.31. The standard InChI is InChI=1S/C40H48N4O8/c45-32-16-14-30(31-15-17-36(47)42-38(31)32)33(46)24-41-20-7-2-1-6-13-34(39(48)49)51-29-12-8-11-28(23-29)37(27-9-4-3-5-10-27)43-40(50)52-35-25-44-21-18-26(35)19-22-44/h3-5,8-12,14-17,23,26,33-35,37,41,45-46H,1-2,6-7,13,18-22,24-25H2,(H,42,47)(H,43,50)(H,48,49)/t33-,34?,35-,37?/m0/s1. The van der Waals surface area contributed by atoms with Crippen LogP contribution in [-0.4, -0.2) is 82.2 Å². The van der Waals surface area contributed by atoms with Gasteiger partial charge in [-0.25, -0.2) is 9.59 Å². The molecule has 12 heteroatoms. The molecular weight excluding hydrogens is 664 g/mol. The summed E-state index contributed by atoms with van der Waals surface area (Å²) in [6.45, 7) is 3.84. The van der Waals surface area contributed by atoms with Crippen molar-refractivity contribution >= 4 is 23.0 Å². The summed E-state index contributed by atoms with van der Waals surface area (Å²) in [5.41, 5.74) is 2.20. The smallest absolute Gasteiger partial charge is 0.408 e. The number of carbonyl (C=O) groups is 2. The Morgan fingerprint density at radius 3 is 2.44 bits per heavy atom. The number of nitrogens with one attached hydrogen (secondary N) is 3. The summed E-state index contributed by atoms with van der Waals surface area (Å²) >= 11 is 0. The van der Waals surface area contributed by atoms with Gasteiger partial charge in [-0.2, -0.15) is 0 Å². The minimum Gasteiger partial charge on any atom is -0.506 e. The van der Waals surface area contributed by atoms with E-state index >= 15 is 0 Å². The number of phenols is 1. The second kappa shape index (κ2) is 17.5. The molecule has 0 saturated carbocycles. The summed E-state index contributed by atoms with van der Waals surface area (Å²) in [7, 11) is 0. The molecule has 3 saturated heterocycles. The van der Waals surface area contributed by atoms with Crippen LogP contribution in [0.1, 0.15) is 73.8 Å². The molecule has 1 amide bonds. The quantitative estimate of drug-likeness (QED) is 0.0795. The van der Waals surface area contributed by atoms with Crippen molar-refractivity contribution in [1.29, 1.82) is 0 Å². The SMILES string of the molecule is O=C(NC(c1ccccc1)c1cccc(OC(CCCCCCNC[C@H](O)c2ccc(O)c3[nH]c(=O)ccc23)C(=O)O)c1)O[C@H]1CN2CCC1CC2. The molecule has 0 aliphatic carbocycles. The number of H-pyrrole nitrogens is 1. The fourth-order valence-electron chi connectivity index (χ4n) is 7.33. The molecular formula is C40H48N4O8. The van der Waals surface area contributed by atoms with E-state index in [9.17, 15) is 29.7 Å². The van der Waals surface area contributed by atoms with Gasteiger partial charge >= 0.3 is 12.1 Å². The number of carboxylic acid groups (broad SMARTS) is 1. The van der Waals surface area contributed by atoms with E-state index in [1.807, 2.05) is 36.4 Å². The summed E-state index contributed by atoms with van der Waals surface area (Å²) in [6, 6.07) is 22.3. The molecule has 276 valence electrons. The number of pyridine rings is 1. The van der Waals surface area contributed by atoms with Gasteiger partial charge in [0, 0.05) is 24.5 Å². The van der Waals surface area contributed by atoms with Crippen LogP contribution in [0, 0.1) is 5.92 Å². The topological polar surface area (TPSA) is 173 Å². The number of aromatic nitrogens is 1. The Balaban J connectivity index is 0.965. The number of nitrogens with zero attached hydrogens (tertiary/aromatic N) is 1. The molecule has 3 aliphatic rings. The van der Waals surface area contributed by atoms with Crippen LogP contribution in [0.2, 0.25) is 0 Å². The average Bonchev–Trinajstić information content (AvgIpc) is 3.15. The molecule has 2 bridgehead atoms. The van der Waals surface area contributed by atoms with Crippen molar-refractivity contribution in [3.63, 3.8) is 0 Å². The Morgan fingerprint density at radius 2 is 1.69 bits per heavy atom. The third kappa shape index (κ3) is 9.49. The van der Waals surface area contributed by atoms with E-state index in [-0.39, 0.29) is 17.4 Å². The van der Waals surface area contributed by atoms with E-state index < -0.39 is 30.3 Å². The number of phenolic OH excluding ortho intramolecular Hbond substituents is 1. The van der Waals surface area contributed by atoms with Gasteiger partial charge < -0.3 is 40.4 Å². The zero-order valence-corrected chi connectivity index (χ0v) is 29.2. The number of benzene rings is 3. The van der Waals surface area contributed by atoms with E-state index in [2.05, 4.69) is 20.5 Å². The van der Waals surface area contributed by atoms with Gasteiger partial charge in [-0.15, -0.1) is 0 Å². The molecule has 3 aliphatic heterocycles. The third-order valence-electron chi connectivity index (χ3n) is 10.2. The van der Waals surface area contributed by atoms with Crippen LogP contribution >= 0.6 is 0 Å². The van der Waals surface area contributed by atoms with Gasteiger partial charge in [-0.1, -0.05) is 61.4 Å². The van der Waals surface area contributed by atoms with E-state index in [1.54, 1.807) is 30.3 Å². The normalized spacial score (nSPS) is 19.8. The molecule has 4 aromatic rings. The molecule has 4 heterocycles. The van der Waals surface area contributed by atoms with Crippen molar-refractivity contribution in [2.24, 2.45) is 5.92 Å². The molecule has 7 rings (SSSR count). The lowest BCUT2D eigenvalue weighted by Crippen LogP contribution is -2.52. The molecule has 4 atom stereocenters. The predicted octanol–water partition coefficient (Wildman–Crippen LogP) is 5.25. The first-order valence-corrected chi connectivity index (χ1v) is 18.2. The molecule has 3 fully saturated rings. The van der Waals surface area contributed by atoms with Crippen molar-refractivity contribution < 1.29 is 34.4 Å². The zero-order chi connectivity index (χ0) is 36.5. The number of piperidine rings is 3. The minimum atomic E-state index is -1.04. The number of rotatable bonds is 17. The second-order valence-electron chi connectivity index (χ2n) is 13.8. The number of carboxylic acids is 1. The zero-order valence-electron chi connectivity index (χ0n) is 29.2. The average molecular weight is 713 g/mol. The number of fused-ring (bicyclic) bond motifs is 4. The van der Waals surface area contributed by atoms with Gasteiger partial charge in [0.2, 0.25) is 5.56 Å². The van der Waals surface area contributed by atoms with E-state index in [1.165, 1.54) is 12.1 Å². The maximum Gasteiger partial charge on any atom is 0.408 e. The van der Waals surface area contributed by atoms with E-state index in [0.29, 0.717) is 54.1 Å². The molecule has 0 radical (unpaired) electrons. The molecule has 1 aromatic heterocycles. The summed E-state index contributed by atoms with van der Waals surface area (Å²) in [6.07, 6.45) is 3.16. The van der Waals surface area contributed by atoms with Crippen LogP contribution < -0.4 is 20.9 Å². The summed E-state index contributed by atoms with van der Waals surface area (Å²) in [4.78, 5) is 42.0. The number of alkyl carbamates (subject to hydrolysis) is 1. The Hall–Kier alpha value is -4.91. The summed E-state index contributed by atoms with van der Waals surface area (Å²) in [5, 5.41) is 37.7. The maximum absolute atomic E-state index is 13.2. The van der Waals surface area contributed by atoms with Gasteiger partial charge in [0.25, 0.3) is 0 Å². The van der Waals surface area contributed by atoms with Crippen molar-refractivity contribution in [3.8, 4) is 11.5 Å². The Morgan fingerprint density at radius 1 is 0.923 bits per heavy atom. The van der Waals surface area contributed by atoms with E-state index in [4.69, 9.17) is 9.47 Å². The first kappa shape index (κ1) is 36.9. The Labute approximate surface area is 302 Å². The molecule has 52 heavy (non-hydrogen) atoms. The fourth-order valence-corrected chi connectivity index (χ4v) is 7.33. The Bertz CT molecular complexity index is 1860. The second-order valence-corrected chi connectivity index (χ2v) is 13.8. The fraction of sp³-hybridized carbons (Fsp3) is 0.425. The maximum atomic E-state index is 13.2. The van der Waals surface area contributed by atoms with Crippen LogP contribution in [0.25, 0.3) is 10.9 Å². The lowest BCUT2D eigenvalue weighted by molar-refractivity contribution is -0.145. The number of aromatic hydroxyl groups is 1. The first-order chi connectivity index (χ1) is 25.2. The highest BCUT2D eigenvalue weighted by Gasteiger charge is 2.37. The number of unbranched alkanes of at least 4 members (excludes halogenated alkanes) is 3. The number of aliphatic carboxylic acids is 1. The van der Waals surface area contributed by atoms with Crippen molar-refractivity contribution in [3.05, 3.63) is 106 Å².